The molecule has 0 aliphatic heterocycles. The third-order valence-corrected chi connectivity index (χ3v) is 2.77. The average Bonchev–Trinajstić information content (AvgIpc) is 3.13. The molecule has 0 unspecified atom stereocenters. The van der Waals surface area contributed by atoms with E-state index in [2.05, 4.69) is 15.1 Å². The van der Waals surface area contributed by atoms with E-state index in [1.54, 1.807) is 30.3 Å². The number of methoxy groups -OCH3 is 1. The van der Waals surface area contributed by atoms with Crippen LogP contribution in [-0.2, 0) is 0 Å². The van der Waals surface area contributed by atoms with E-state index < -0.39 is 0 Å². The van der Waals surface area contributed by atoms with Crippen molar-refractivity contribution in [3.8, 4) is 11.8 Å². The van der Waals surface area contributed by atoms with Gasteiger partial charge in [-0.2, -0.15) is 10.1 Å². The Hall–Kier alpha value is -2.11. The second kappa shape index (κ2) is 3.73. The number of aromatic nitrogens is 4. The lowest BCUT2D eigenvalue weighted by Crippen LogP contribution is -2.02. The molecule has 0 aromatic carbocycles. The van der Waals surface area contributed by atoms with E-state index in [4.69, 9.17) is 10.5 Å². The molecule has 17 heavy (non-hydrogen) atoms. The molecule has 0 amide bonds. The van der Waals surface area contributed by atoms with Crippen molar-refractivity contribution in [1.29, 1.82) is 0 Å². The summed E-state index contributed by atoms with van der Waals surface area (Å²) in [6.45, 7) is 0. The maximum atomic E-state index is 5.92. The zero-order valence-electron chi connectivity index (χ0n) is 9.50. The number of anilines is 1. The maximum Gasteiger partial charge on any atom is 0.253 e. The van der Waals surface area contributed by atoms with Crippen LogP contribution in [0.5, 0.6) is 5.88 Å². The Morgan fingerprint density at radius 2 is 2.29 bits per heavy atom. The van der Waals surface area contributed by atoms with E-state index >= 15 is 0 Å². The number of nitrogen functional groups attached to an aromatic ring is 1. The Morgan fingerprint density at radius 3 is 3.00 bits per heavy atom. The Kier molecular flexibility index (Phi) is 2.21. The molecule has 2 heterocycles. The summed E-state index contributed by atoms with van der Waals surface area (Å²) in [5, 5.41) is 4.43. The molecule has 1 fully saturated rings. The molecule has 6 nitrogen and oxygen atoms in total. The van der Waals surface area contributed by atoms with Gasteiger partial charge in [-0.25, -0.2) is 9.67 Å². The Morgan fingerprint density at radius 1 is 1.47 bits per heavy atom. The van der Waals surface area contributed by atoms with Crippen LogP contribution in [0.2, 0.25) is 0 Å². The van der Waals surface area contributed by atoms with Crippen molar-refractivity contribution in [2.45, 2.75) is 18.8 Å². The van der Waals surface area contributed by atoms with Crippen LogP contribution in [0, 0.1) is 0 Å². The van der Waals surface area contributed by atoms with Gasteiger partial charge in [0.25, 0.3) is 5.95 Å². The van der Waals surface area contributed by atoms with Gasteiger partial charge in [0.1, 0.15) is 0 Å². The first kappa shape index (κ1) is 10.1. The monoisotopic (exact) mass is 231 g/mol. The van der Waals surface area contributed by atoms with E-state index in [0.29, 0.717) is 23.4 Å². The normalized spacial score (nSPS) is 14.9. The smallest absolute Gasteiger partial charge is 0.253 e. The second-order valence-corrected chi connectivity index (χ2v) is 4.09. The highest BCUT2D eigenvalue weighted by molar-refractivity contribution is 5.45. The third kappa shape index (κ3) is 1.82. The lowest BCUT2D eigenvalue weighted by Gasteiger charge is -2.01. The molecule has 1 aliphatic carbocycles. The summed E-state index contributed by atoms with van der Waals surface area (Å²) in [4.78, 5) is 8.35. The van der Waals surface area contributed by atoms with Gasteiger partial charge in [0.05, 0.1) is 24.7 Å². The van der Waals surface area contributed by atoms with Crippen molar-refractivity contribution in [3.05, 3.63) is 24.2 Å². The van der Waals surface area contributed by atoms with Crippen LogP contribution in [0.1, 0.15) is 24.5 Å². The highest BCUT2D eigenvalue weighted by Crippen LogP contribution is 2.41. The first-order valence-electron chi connectivity index (χ1n) is 5.50. The average molecular weight is 231 g/mol. The first-order chi connectivity index (χ1) is 8.28. The van der Waals surface area contributed by atoms with E-state index in [0.717, 1.165) is 5.69 Å². The predicted octanol–water partition coefficient (Wildman–Crippen LogP) is 1.13. The van der Waals surface area contributed by atoms with E-state index in [9.17, 15) is 0 Å². The molecule has 1 saturated carbocycles. The minimum atomic E-state index is 0.475. The van der Waals surface area contributed by atoms with Crippen LogP contribution in [0.15, 0.2) is 18.5 Å². The largest absolute Gasteiger partial charge is 0.481 e. The molecule has 88 valence electrons. The van der Waals surface area contributed by atoms with Crippen LogP contribution in [0.3, 0.4) is 0 Å². The summed E-state index contributed by atoms with van der Waals surface area (Å²) in [6, 6.07) is 1.69. The van der Waals surface area contributed by atoms with Crippen molar-refractivity contribution in [3.63, 3.8) is 0 Å². The molecule has 6 heteroatoms. The molecular weight excluding hydrogens is 218 g/mol. The number of hydrogen-bond acceptors (Lipinski definition) is 5. The number of hydrogen-bond donors (Lipinski definition) is 1. The van der Waals surface area contributed by atoms with Crippen LogP contribution in [0.25, 0.3) is 5.95 Å². The summed E-state index contributed by atoms with van der Waals surface area (Å²) >= 11 is 0. The molecular formula is C11H13N5O. The van der Waals surface area contributed by atoms with Crippen molar-refractivity contribution < 1.29 is 4.74 Å². The number of ether oxygens (including phenoxy) is 1. The van der Waals surface area contributed by atoms with Crippen molar-refractivity contribution in [1.82, 2.24) is 19.7 Å². The summed E-state index contributed by atoms with van der Waals surface area (Å²) < 4.78 is 6.65. The molecule has 2 N–H and O–H groups in total. The third-order valence-electron chi connectivity index (χ3n) is 2.77. The molecule has 2 aromatic rings. The fourth-order valence-electron chi connectivity index (χ4n) is 1.73. The van der Waals surface area contributed by atoms with Crippen LogP contribution in [0.4, 0.5) is 5.69 Å². The van der Waals surface area contributed by atoms with Crippen molar-refractivity contribution >= 4 is 5.69 Å². The summed E-state index contributed by atoms with van der Waals surface area (Å²) in [6.07, 6.45) is 5.72. The minimum Gasteiger partial charge on any atom is -0.481 e. The molecule has 0 spiro atoms. The fraction of sp³-hybridized carbons (Fsp3) is 0.364. The lowest BCUT2D eigenvalue weighted by molar-refractivity contribution is 0.395. The predicted molar refractivity (Wildman–Crippen MR) is 62.1 cm³/mol. The zero-order valence-corrected chi connectivity index (χ0v) is 9.50. The highest BCUT2D eigenvalue weighted by Gasteiger charge is 2.28. The quantitative estimate of drug-likeness (QED) is 0.856. The number of nitrogens with two attached hydrogens (primary N) is 1. The van der Waals surface area contributed by atoms with Gasteiger partial charge in [0.2, 0.25) is 5.88 Å². The SMILES string of the molecule is COc1ccnc(-n2cc(N)c(C3CC3)n2)n1. The summed E-state index contributed by atoms with van der Waals surface area (Å²) in [5.41, 5.74) is 7.58. The zero-order chi connectivity index (χ0) is 11.8. The van der Waals surface area contributed by atoms with E-state index in [1.807, 2.05) is 0 Å². The van der Waals surface area contributed by atoms with E-state index in [-0.39, 0.29) is 0 Å². The minimum absolute atomic E-state index is 0.475. The standard InChI is InChI=1S/C11H13N5O/c1-17-9-4-5-13-11(14-9)16-6-8(12)10(15-16)7-2-3-7/h4-7H,2-3,12H2,1H3. The molecule has 0 bridgehead atoms. The molecule has 0 radical (unpaired) electrons. The molecule has 2 aromatic heterocycles. The maximum absolute atomic E-state index is 5.92. The second-order valence-electron chi connectivity index (χ2n) is 4.09. The fourth-order valence-corrected chi connectivity index (χ4v) is 1.73. The van der Waals surface area contributed by atoms with E-state index in [1.165, 1.54) is 12.8 Å². The molecule has 0 saturated heterocycles. The van der Waals surface area contributed by atoms with Gasteiger partial charge in [0, 0.05) is 18.2 Å². The first-order valence-corrected chi connectivity index (χ1v) is 5.50. The van der Waals surface area contributed by atoms with Gasteiger partial charge in [-0.05, 0) is 12.8 Å². The molecule has 1 aliphatic rings. The van der Waals surface area contributed by atoms with Crippen molar-refractivity contribution in [2.75, 3.05) is 12.8 Å². The number of rotatable bonds is 3. The Bertz CT molecular complexity index is 547. The Labute approximate surface area is 98.4 Å². The van der Waals surface area contributed by atoms with Gasteiger partial charge >= 0.3 is 0 Å². The van der Waals surface area contributed by atoms with Gasteiger partial charge in [-0.3, -0.25) is 0 Å². The van der Waals surface area contributed by atoms with Gasteiger partial charge in [-0.1, -0.05) is 0 Å². The molecule has 3 rings (SSSR count). The van der Waals surface area contributed by atoms with Crippen molar-refractivity contribution in [2.24, 2.45) is 0 Å². The van der Waals surface area contributed by atoms with Crippen LogP contribution >= 0.6 is 0 Å². The van der Waals surface area contributed by atoms with Gasteiger partial charge in [0.15, 0.2) is 0 Å². The van der Waals surface area contributed by atoms with Gasteiger partial charge < -0.3 is 10.5 Å². The van der Waals surface area contributed by atoms with Crippen LogP contribution in [-0.4, -0.2) is 26.9 Å². The van der Waals surface area contributed by atoms with Crippen LogP contribution < -0.4 is 10.5 Å². The van der Waals surface area contributed by atoms with Gasteiger partial charge in [-0.15, -0.1) is 0 Å². The summed E-state index contributed by atoms with van der Waals surface area (Å²) in [5.74, 6) is 1.50. The highest BCUT2D eigenvalue weighted by atomic mass is 16.5. The lowest BCUT2D eigenvalue weighted by atomic mass is 10.3. The molecule has 0 atom stereocenters. The number of nitrogens with zero attached hydrogens (tertiary/aromatic N) is 4. The Balaban J connectivity index is 1.99. The summed E-state index contributed by atoms with van der Waals surface area (Å²) in [7, 11) is 1.57. The topological polar surface area (TPSA) is 78.9 Å².